The number of benzene rings is 2. The summed E-state index contributed by atoms with van der Waals surface area (Å²) in [6, 6.07) is 16.3. The molecule has 1 heterocycles. The van der Waals surface area contributed by atoms with Crippen molar-refractivity contribution in [1.82, 2.24) is 9.97 Å². The number of hydrogen-bond donors (Lipinski definition) is 2. The first-order valence-corrected chi connectivity index (χ1v) is 7.11. The lowest BCUT2D eigenvalue weighted by Crippen LogP contribution is -2.04. The topological polar surface area (TPSA) is 77.8 Å². The maximum atomic E-state index is 6.14. The number of aryl methyl sites for hydroxylation is 2. The Morgan fingerprint density at radius 1 is 0.773 bits per heavy atom. The van der Waals surface area contributed by atoms with Gasteiger partial charge < -0.3 is 11.5 Å². The van der Waals surface area contributed by atoms with Gasteiger partial charge in [-0.05, 0) is 25.5 Å². The van der Waals surface area contributed by atoms with Crippen LogP contribution in [0.1, 0.15) is 11.1 Å². The first-order chi connectivity index (χ1) is 10.5. The third-order valence-corrected chi connectivity index (χ3v) is 3.59. The smallest absolute Gasteiger partial charge is 0.222 e. The van der Waals surface area contributed by atoms with Gasteiger partial charge in [0.15, 0.2) is 0 Å². The van der Waals surface area contributed by atoms with Crippen molar-refractivity contribution in [3.63, 3.8) is 0 Å². The highest BCUT2D eigenvalue weighted by Gasteiger charge is 2.15. The summed E-state index contributed by atoms with van der Waals surface area (Å²) in [4.78, 5) is 8.56. The molecule has 0 aliphatic heterocycles. The number of nitrogens with two attached hydrogens (primary N) is 2. The Morgan fingerprint density at radius 3 is 2.18 bits per heavy atom. The molecule has 0 fully saturated rings. The summed E-state index contributed by atoms with van der Waals surface area (Å²) in [7, 11) is 0. The van der Waals surface area contributed by atoms with Crippen molar-refractivity contribution in [3.05, 3.63) is 59.7 Å². The molecule has 3 aromatic rings. The van der Waals surface area contributed by atoms with Crippen molar-refractivity contribution in [2.24, 2.45) is 0 Å². The van der Waals surface area contributed by atoms with Crippen LogP contribution in [0.3, 0.4) is 0 Å². The van der Waals surface area contributed by atoms with E-state index in [1.54, 1.807) is 0 Å². The Kier molecular flexibility index (Phi) is 3.51. The van der Waals surface area contributed by atoms with Crippen LogP contribution in [-0.2, 0) is 0 Å². The van der Waals surface area contributed by atoms with Crippen molar-refractivity contribution < 1.29 is 0 Å². The van der Waals surface area contributed by atoms with Gasteiger partial charge >= 0.3 is 0 Å². The van der Waals surface area contributed by atoms with E-state index in [2.05, 4.69) is 16.0 Å². The average Bonchev–Trinajstić information content (AvgIpc) is 2.48. The van der Waals surface area contributed by atoms with Gasteiger partial charge in [-0.1, -0.05) is 53.6 Å². The maximum Gasteiger partial charge on any atom is 0.222 e. The van der Waals surface area contributed by atoms with Crippen LogP contribution in [0.4, 0.5) is 11.8 Å². The summed E-state index contributed by atoms with van der Waals surface area (Å²) in [6.45, 7) is 4.09. The van der Waals surface area contributed by atoms with Gasteiger partial charge in [-0.3, -0.25) is 0 Å². The number of hydrogen-bond acceptors (Lipinski definition) is 4. The van der Waals surface area contributed by atoms with Gasteiger partial charge in [0.2, 0.25) is 5.95 Å². The summed E-state index contributed by atoms with van der Waals surface area (Å²) in [6.07, 6.45) is 0. The molecule has 0 saturated heterocycles. The number of rotatable bonds is 2. The minimum atomic E-state index is 0.185. The van der Waals surface area contributed by atoms with Gasteiger partial charge in [0.05, 0.1) is 11.3 Å². The summed E-state index contributed by atoms with van der Waals surface area (Å²) < 4.78 is 0. The second-order valence-corrected chi connectivity index (χ2v) is 5.43. The van der Waals surface area contributed by atoms with Crippen molar-refractivity contribution in [2.75, 3.05) is 11.5 Å². The van der Waals surface area contributed by atoms with E-state index >= 15 is 0 Å². The molecule has 0 radical (unpaired) electrons. The van der Waals surface area contributed by atoms with E-state index in [-0.39, 0.29) is 5.95 Å². The molecule has 0 saturated carbocycles. The van der Waals surface area contributed by atoms with E-state index in [0.29, 0.717) is 5.82 Å². The molecule has 0 atom stereocenters. The molecule has 22 heavy (non-hydrogen) atoms. The quantitative estimate of drug-likeness (QED) is 0.756. The molecule has 2 aromatic carbocycles. The van der Waals surface area contributed by atoms with Crippen LogP contribution in [-0.4, -0.2) is 9.97 Å². The maximum absolute atomic E-state index is 6.14. The predicted octanol–water partition coefficient (Wildman–Crippen LogP) is 3.59. The van der Waals surface area contributed by atoms with E-state index in [1.165, 1.54) is 5.56 Å². The zero-order valence-corrected chi connectivity index (χ0v) is 12.7. The van der Waals surface area contributed by atoms with Gasteiger partial charge in [0.1, 0.15) is 5.82 Å². The number of aromatic nitrogens is 2. The van der Waals surface area contributed by atoms with Crippen molar-refractivity contribution in [3.8, 4) is 22.4 Å². The molecule has 4 heteroatoms. The van der Waals surface area contributed by atoms with E-state index in [1.807, 2.05) is 56.3 Å². The standard InChI is InChI=1S/C18H18N4/c1-11-6-8-13(9-7-11)15-16(21-18(20)22-17(15)19)14-5-3-4-12(2)10-14/h3-10H,1-2H3,(H4,19,20,21,22). The minimum Gasteiger partial charge on any atom is -0.383 e. The van der Waals surface area contributed by atoms with Crippen LogP contribution in [0, 0.1) is 13.8 Å². The Hall–Kier alpha value is -2.88. The predicted molar refractivity (Wildman–Crippen MR) is 91.2 cm³/mol. The molecule has 4 N–H and O–H groups in total. The summed E-state index contributed by atoms with van der Waals surface area (Å²) in [5.41, 5.74) is 17.8. The normalized spacial score (nSPS) is 10.6. The molecule has 4 nitrogen and oxygen atoms in total. The Morgan fingerprint density at radius 2 is 1.50 bits per heavy atom. The van der Waals surface area contributed by atoms with Crippen molar-refractivity contribution in [2.45, 2.75) is 13.8 Å². The van der Waals surface area contributed by atoms with E-state index in [4.69, 9.17) is 11.5 Å². The van der Waals surface area contributed by atoms with Crippen LogP contribution < -0.4 is 11.5 Å². The Labute approximate surface area is 129 Å². The Balaban J connectivity index is 2.27. The third kappa shape index (κ3) is 2.63. The highest BCUT2D eigenvalue weighted by molar-refractivity contribution is 5.88. The number of nitrogen functional groups attached to an aromatic ring is 2. The van der Waals surface area contributed by atoms with Gasteiger partial charge in [0.25, 0.3) is 0 Å². The molecule has 0 aliphatic rings. The van der Waals surface area contributed by atoms with Gasteiger partial charge in [-0.25, -0.2) is 4.98 Å². The highest BCUT2D eigenvalue weighted by atomic mass is 15.0. The molecular weight excluding hydrogens is 272 g/mol. The fourth-order valence-electron chi connectivity index (χ4n) is 2.50. The van der Waals surface area contributed by atoms with Crippen LogP contribution in [0.2, 0.25) is 0 Å². The summed E-state index contributed by atoms with van der Waals surface area (Å²) in [5, 5.41) is 0. The molecule has 0 amide bonds. The summed E-state index contributed by atoms with van der Waals surface area (Å²) >= 11 is 0. The molecule has 0 unspecified atom stereocenters. The zero-order valence-electron chi connectivity index (χ0n) is 12.7. The molecular formula is C18H18N4. The summed E-state index contributed by atoms with van der Waals surface area (Å²) in [5.74, 6) is 0.581. The molecule has 1 aromatic heterocycles. The SMILES string of the molecule is Cc1ccc(-c2c(N)nc(N)nc2-c2cccc(C)c2)cc1. The average molecular weight is 290 g/mol. The van der Waals surface area contributed by atoms with E-state index in [9.17, 15) is 0 Å². The third-order valence-electron chi connectivity index (χ3n) is 3.59. The molecule has 0 bridgehead atoms. The molecule has 3 rings (SSSR count). The van der Waals surface area contributed by atoms with Crippen LogP contribution in [0.15, 0.2) is 48.5 Å². The number of anilines is 2. The minimum absolute atomic E-state index is 0.185. The van der Waals surface area contributed by atoms with E-state index in [0.717, 1.165) is 27.9 Å². The largest absolute Gasteiger partial charge is 0.383 e. The second-order valence-electron chi connectivity index (χ2n) is 5.43. The van der Waals surface area contributed by atoms with E-state index < -0.39 is 0 Å². The fraction of sp³-hybridized carbons (Fsp3) is 0.111. The molecule has 110 valence electrons. The fourth-order valence-corrected chi connectivity index (χ4v) is 2.50. The lowest BCUT2D eigenvalue weighted by atomic mass is 9.98. The van der Waals surface area contributed by atoms with Crippen molar-refractivity contribution >= 4 is 11.8 Å². The monoisotopic (exact) mass is 290 g/mol. The van der Waals surface area contributed by atoms with Gasteiger partial charge in [0, 0.05) is 5.56 Å². The first-order valence-electron chi connectivity index (χ1n) is 7.11. The lowest BCUT2D eigenvalue weighted by Gasteiger charge is -2.13. The first kappa shape index (κ1) is 14.1. The lowest BCUT2D eigenvalue weighted by molar-refractivity contribution is 1.20. The van der Waals surface area contributed by atoms with Crippen LogP contribution in [0.25, 0.3) is 22.4 Å². The van der Waals surface area contributed by atoms with Gasteiger partial charge in [-0.2, -0.15) is 4.98 Å². The highest BCUT2D eigenvalue weighted by Crippen LogP contribution is 2.35. The van der Waals surface area contributed by atoms with Crippen molar-refractivity contribution in [1.29, 1.82) is 0 Å². The van der Waals surface area contributed by atoms with Crippen LogP contribution in [0.5, 0.6) is 0 Å². The zero-order chi connectivity index (χ0) is 15.7. The molecule has 0 aliphatic carbocycles. The number of nitrogens with zero attached hydrogens (tertiary/aromatic N) is 2. The van der Waals surface area contributed by atoms with Crippen LogP contribution >= 0.6 is 0 Å². The molecule has 0 spiro atoms. The van der Waals surface area contributed by atoms with Gasteiger partial charge in [-0.15, -0.1) is 0 Å². The second kappa shape index (κ2) is 5.48. The Bertz CT molecular complexity index is 823.